The monoisotopic (exact) mass is 267 g/mol. The van der Waals surface area contributed by atoms with E-state index < -0.39 is 0 Å². The zero-order chi connectivity index (χ0) is 13.7. The molecule has 0 aromatic heterocycles. The summed E-state index contributed by atoms with van der Waals surface area (Å²) in [7, 11) is 1.79. The van der Waals surface area contributed by atoms with Gasteiger partial charge in [0.2, 0.25) is 0 Å². The number of thioether (sulfide) groups is 1. The maximum atomic E-state index is 12.3. The SMILES string of the molecule is CSCCC(C)N(C)C(=O)c1cc(C)ccc1O. The van der Waals surface area contributed by atoms with Crippen LogP contribution in [0.4, 0.5) is 0 Å². The molecule has 1 aromatic rings. The van der Waals surface area contributed by atoms with Crippen molar-refractivity contribution in [3.63, 3.8) is 0 Å². The molecule has 0 saturated heterocycles. The largest absolute Gasteiger partial charge is 0.507 e. The van der Waals surface area contributed by atoms with Gasteiger partial charge >= 0.3 is 0 Å². The third-order valence-electron chi connectivity index (χ3n) is 3.10. The summed E-state index contributed by atoms with van der Waals surface area (Å²) >= 11 is 1.77. The molecular weight excluding hydrogens is 246 g/mol. The van der Waals surface area contributed by atoms with E-state index in [9.17, 15) is 9.90 Å². The number of hydrogen-bond donors (Lipinski definition) is 1. The molecule has 1 unspecified atom stereocenters. The van der Waals surface area contributed by atoms with Gasteiger partial charge in [0.05, 0.1) is 5.56 Å². The predicted molar refractivity (Wildman–Crippen MR) is 77.4 cm³/mol. The Hall–Kier alpha value is -1.16. The first-order chi connectivity index (χ1) is 8.47. The zero-order valence-corrected chi connectivity index (χ0v) is 12.3. The van der Waals surface area contributed by atoms with Crippen molar-refractivity contribution in [1.29, 1.82) is 0 Å². The number of nitrogens with zero attached hydrogens (tertiary/aromatic N) is 1. The molecule has 18 heavy (non-hydrogen) atoms. The number of carbonyl (C=O) groups is 1. The molecule has 0 fully saturated rings. The van der Waals surface area contributed by atoms with Gasteiger partial charge in [-0.25, -0.2) is 0 Å². The van der Waals surface area contributed by atoms with Crippen LogP contribution in [-0.2, 0) is 0 Å². The molecule has 0 aliphatic heterocycles. The van der Waals surface area contributed by atoms with Gasteiger partial charge in [-0.1, -0.05) is 11.6 Å². The highest BCUT2D eigenvalue weighted by Crippen LogP contribution is 2.21. The number of carbonyl (C=O) groups excluding carboxylic acids is 1. The quantitative estimate of drug-likeness (QED) is 0.891. The van der Waals surface area contributed by atoms with Crippen molar-refractivity contribution in [1.82, 2.24) is 4.90 Å². The molecule has 0 radical (unpaired) electrons. The lowest BCUT2D eigenvalue weighted by Crippen LogP contribution is -2.35. The molecule has 0 aliphatic carbocycles. The van der Waals surface area contributed by atoms with E-state index in [-0.39, 0.29) is 17.7 Å². The maximum Gasteiger partial charge on any atom is 0.257 e. The van der Waals surface area contributed by atoms with Crippen LogP contribution < -0.4 is 0 Å². The minimum Gasteiger partial charge on any atom is -0.507 e. The summed E-state index contributed by atoms with van der Waals surface area (Å²) in [6.07, 6.45) is 3.01. The van der Waals surface area contributed by atoms with Crippen molar-refractivity contribution >= 4 is 17.7 Å². The van der Waals surface area contributed by atoms with Crippen LogP contribution in [0.15, 0.2) is 18.2 Å². The minimum atomic E-state index is -0.121. The maximum absolute atomic E-state index is 12.3. The Kier molecular flexibility index (Phi) is 5.54. The topological polar surface area (TPSA) is 40.5 Å². The van der Waals surface area contributed by atoms with E-state index in [1.54, 1.807) is 41.9 Å². The zero-order valence-electron chi connectivity index (χ0n) is 11.4. The Morgan fingerprint density at radius 3 is 2.78 bits per heavy atom. The number of benzene rings is 1. The van der Waals surface area contributed by atoms with Crippen LogP contribution in [0.2, 0.25) is 0 Å². The van der Waals surface area contributed by atoms with Crippen LogP contribution >= 0.6 is 11.8 Å². The summed E-state index contributed by atoms with van der Waals surface area (Å²) in [6.45, 7) is 3.94. The summed E-state index contributed by atoms with van der Waals surface area (Å²) in [4.78, 5) is 14.0. The average molecular weight is 267 g/mol. The van der Waals surface area contributed by atoms with Crippen LogP contribution in [0.25, 0.3) is 0 Å². The van der Waals surface area contributed by atoms with Crippen molar-refractivity contribution in [3.8, 4) is 5.75 Å². The van der Waals surface area contributed by atoms with E-state index in [1.165, 1.54) is 0 Å². The van der Waals surface area contributed by atoms with Gasteiger partial charge in [0.1, 0.15) is 5.75 Å². The number of amides is 1. The summed E-state index contributed by atoms with van der Waals surface area (Å²) in [5.41, 5.74) is 1.36. The van der Waals surface area contributed by atoms with Crippen molar-refractivity contribution in [2.75, 3.05) is 19.1 Å². The highest BCUT2D eigenvalue weighted by atomic mass is 32.2. The fourth-order valence-electron chi connectivity index (χ4n) is 1.69. The Morgan fingerprint density at radius 1 is 1.50 bits per heavy atom. The number of aromatic hydroxyl groups is 1. The summed E-state index contributed by atoms with van der Waals surface area (Å²) in [5.74, 6) is 0.956. The van der Waals surface area contributed by atoms with E-state index in [2.05, 4.69) is 6.26 Å². The molecule has 0 saturated carbocycles. The van der Waals surface area contributed by atoms with Crippen molar-refractivity contribution in [3.05, 3.63) is 29.3 Å². The van der Waals surface area contributed by atoms with Gasteiger partial charge in [-0.15, -0.1) is 0 Å². The van der Waals surface area contributed by atoms with Gasteiger partial charge in [-0.2, -0.15) is 11.8 Å². The first-order valence-corrected chi connectivity index (χ1v) is 7.42. The molecule has 4 heteroatoms. The summed E-state index contributed by atoms with van der Waals surface area (Å²) in [5, 5.41) is 9.76. The average Bonchev–Trinajstić information content (AvgIpc) is 2.37. The van der Waals surface area contributed by atoms with Crippen LogP contribution in [0, 0.1) is 6.92 Å². The minimum absolute atomic E-state index is 0.0505. The molecule has 1 N–H and O–H groups in total. The second kappa shape index (κ2) is 6.69. The smallest absolute Gasteiger partial charge is 0.257 e. The summed E-state index contributed by atoms with van der Waals surface area (Å²) < 4.78 is 0. The molecule has 1 amide bonds. The normalized spacial score (nSPS) is 12.2. The number of hydrogen-bond acceptors (Lipinski definition) is 3. The predicted octanol–water partition coefficient (Wildman–Crippen LogP) is 2.91. The second-order valence-electron chi connectivity index (χ2n) is 4.57. The van der Waals surface area contributed by atoms with Crippen molar-refractivity contribution in [2.45, 2.75) is 26.3 Å². The lowest BCUT2D eigenvalue weighted by Gasteiger charge is -2.25. The molecule has 0 bridgehead atoms. The van der Waals surface area contributed by atoms with Crippen molar-refractivity contribution in [2.24, 2.45) is 0 Å². The third-order valence-corrected chi connectivity index (χ3v) is 3.75. The molecule has 1 atom stereocenters. The van der Waals surface area contributed by atoms with E-state index >= 15 is 0 Å². The van der Waals surface area contributed by atoms with Crippen LogP contribution in [0.5, 0.6) is 5.75 Å². The molecule has 0 heterocycles. The van der Waals surface area contributed by atoms with Gasteiger partial charge in [0.15, 0.2) is 0 Å². The fourth-order valence-corrected chi connectivity index (χ4v) is 2.27. The van der Waals surface area contributed by atoms with Gasteiger partial charge in [0, 0.05) is 13.1 Å². The number of rotatable bonds is 5. The fraction of sp³-hybridized carbons (Fsp3) is 0.500. The van der Waals surface area contributed by atoms with Crippen molar-refractivity contribution < 1.29 is 9.90 Å². The van der Waals surface area contributed by atoms with Gasteiger partial charge < -0.3 is 10.0 Å². The molecule has 100 valence electrons. The standard InChI is InChI=1S/C14H21NO2S/c1-10-5-6-13(16)12(9-10)14(17)15(3)11(2)7-8-18-4/h5-6,9,11,16H,7-8H2,1-4H3. The van der Waals surface area contributed by atoms with Crippen LogP contribution in [0.3, 0.4) is 0 Å². The number of aryl methyl sites for hydroxylation is 1. The van der Waals surface area contributed by atoms with E-state index in [0.29, 0.717) is 5.56 Å². The number of phenolic OH excluding ortho intramolecular Hbond substituents is 1. The number of phenols is 1. The summed E-state index contributed by atoms with van der Waals surface area (Å²) in [6, 6.07) is 5.27. The first-order valence-electron chi connectivity index (χ1n) is 6.03. The Balaban J connectivity index is 2.82. The Morgan fingerprint density at radius 2 is 2.17 bits per heavy atom. The van der Waals surface area contributed by atoms with E-state index in [0.717, 1.165) is 17.7 Å². The Bertz CT molecular complexity index is 420. The molecule has 1 aromatic carbocycles. The van der Waals surface area contributed by atoms with Gasteiger partial charge in [-0.3, -0.25) is 4.79 Å². The van der Waals surface area contributed by atoms with E-state index in [4.69, 9.17) is 0 Å². The molecule has 1 rings (SSSR count). The van der Waals surface area contributed by atoms with Gasteiger partial charge in [0.25, 0.3) is 5.91 Å². The van der Waals surface area contributed by atoms with Crippen LogP contribution in [0.1, 0.15) is 29.3 Å². The molecule has 0 aliphatic rings. The molecule has 0 spiro atoms. The lowest BCUT2D eigenvalue weighted by atomic mass is 10.1. The molecule has 3 nitrogen and oxygen atoms in total. The van der Waals surface area contributed by atoms with Gasteiger partial charge in [-0.05, 0) is 44.4 Å². The first kappa shape index (κ1) is 14.9. The Labute approximate surface area is 113 Å². The highest BCUT2D eigenvalue weighted by molar-refractivity contribution is 7.98. The van der Waals surface area contributed by atoms with E-state index in [1.807, 2.05) is 13.8 Å². The third kappa shape index (κ3) is 3.67. The second-order valence-corrected chi connectivity index (χ2v) is 5.55. The van der Waals surface area contributed by atoms with Crippen LogP contribution in [-0.4, -0.2) is 41.0 Å². The lowest BCUT2D eigenvalue weighted by molar-refractivity contribution is 0.0738. The highest BCUT2D eigenvalue weighted by Gasteiger charge is 2.19. The molecular formula is C14H21NO2S.